The Labute approximate surface area is 93.5 Å². The highest BCUT2D eigenvalue weighted by Crippen LogP contribution is 2.18. The zero-order chi connectivity index (χ0) is 11.4. The van der Waals surface area contributed by atoms with Crippen molar-refractivity contribution in [3.63, 3.8) is 0 Å². The molecule has 1 aliphatic rings. The fourth-order valence-electron chi connectivity index (χ4n) is 1.47. The average molecular weight is 222 g/mol. The summed E-state index contributed by atoms with van der Waals surface area (Å²) in [7, 11) is 0. The summed E-state index contributed by atoms with van der Waals surface area (Å²) in [6.07, 6.45) is 0.746. The fraction of sp³-hybridized carbons (Fsp3) is 0.364. The Kier molecular flexibility index (Phi) is 3.14. The second-order valence-electron chi connectivity index (χ2n) is 3.57. The minimum atomic E-state index is 0.0808. The predicted molar refractivity (Wildman–Crippen MR) is 59.6 cm³/mol. The van der Waals surface area contributed by atoms with Crippen molar-refractivity contribution >= 4 is 6.02 Å². The number of hydrogen-bond donors (Lipinski definition) is 2. The summed E-state index contributed by atoms with van der Waals surface area (Å²) < 4.78 is 10.5. The van der Waals surface area contributed by atoms with Crippen molar-refractivity contribution in [1.82, 2.24) is 0 Å². The average Bonchev–Trinajstić information content (AvgIpc) is 2.64. The maximum absolute atomic E-state index is 9.22. The quantitative estimate of drug-likeness (QED) is 0.792. The van der Waals surface area contributed by atoms with Crippen LogP contribution in [0.15, 0.2) is 29.3 Å². The summed E-state index contributed by atoms with van der Waals surface area (Å²) in [4.78, 5) is 4.08. The van der Waals surface area contributed by atoms with Crippen molar-refractivity contribution in [3.8, 4) is 11.5 Å². The van der Waals surface area contributed by atoms with Crippen molar-refractivity contribution in [2.45, 2.75) is 12.5 Å². The van der Waals surface area contributed by atoms with Gasteiger partial charge in [0, 0.05) is 12.5 Å². The van der Waals surface area contributed by atoms with E-state index in [0.717, 1.165) is 6.42 Å². The monoisotopic (exact) mass is 222 g/mol. The number of aromatic hydroxyl groups is 1. The van der Waals surface area contributed by atoms with Crippen molar-refractivity contribution in [2.75, 3.05) is 13.2 Å². The van der Waals surface area contributed by atoms with Gasteiger partial charge in [-0.2, -0.15) is 0 Å². The molecule has 5 nitrogen and oxygen atoms in total. The van der Waals surface area contributed by atoms with Gasteiger partial charge in [-0.15, -0.1) is 0 Å². The van der Waals surface area contributed by atoms with E-state index in [2.05, 4.69) is 4.99 Å². The number of nitrogens with two attached hydrogens (primary N) is 1. The van der Waals surface area contributed by atoms with Gasteiger partial charge in [0.25, 0.3) is 6.02 Å². The molecule has 3 N–H and O–H groups in total. The van der Waals surface area contributed by atoms with Crippen LogP contribution in [-0.2, 0) is 4.74 Å². The molecule has 16 heavy (non-hydrogen) atoms. The third-order valence-electron chi connectivity index (χ3n) is 2.27. The maximum Gasteiger partial charge on any atom is 0.282 e. The summed E-state index contributed by atoms with van der Waals surface area (Å²) in [6, 6.07) is 7.03. The Balaban J connectivity index is 1.76. The lowest BCUT2D eigenvalue weighted by atomic mass is 10.2. The molecule has 2 rings (SSSR count). The smallest absolute Gasteiger partial charge is 0.282 e. The first-order chi connectivity index (χ1) is 7.74. The van der Waals surface area contributed by atoms with Gasteiger partial charge in [-0.3, -0.25) is 0 Å². The number of ether oxygens (including phenoxy) is 2. The summed E-state index contributed by atoms with van der Waals surface area (Å²) >= 11 is 0. The van der Waals surface area contributed by atoms with E-state index in [1.165, 1.54) is 0 Å². The summed E-state index contributed by atoms with van der Waals surface area (Å²) in [5.74, 6) is 0.847. The molecule has 1 aromatic rings. The van der Waals surface area contributed by atoms with Crippen LogP contribution in [0.2, 0.25) is 0 Å². The first-order valence-electron chi connectivity index (χ1n) is 5.12. The number of rotatable bonds is 4. The van der Waals surface area contributed by atoms with Gasteiger partial charge in [0.1, 0.15) is 18.1 Å². The van der Waals surface area contributed by atoms with E-state index in [4.69, 9.17) is 15.2 Å². The highest BCUT2D eigenvalue weighted by Gasteiger charge is 2.16. The highest BCUT2D eigenvalue weighted by molar-refractivity contribution is 5.72. The molecule has 1 heterocycles. The van der Waals surface area contributed by atoms with Gasteiger partial charge >= 0.3 is 0 Å². The van der Waals surface area contributed by atoms with E-state index in [0.29, 0.717) is 19.0 Å². The van der Waals surface area contributed by atoms with Crippen LogP contribution in [0, 0.1) is 0 Å². The Bertz CT molecular complexity index is 393. The zero-order valence-corrected chi connectivity index (χ0v) is 8.80. The molecular formula is C11H14N2O3. The second-order valence-corrected chi connectivity index (χ2v) is 3.57. The van der Waals surface area contributed by atoms with Gasteiger partial charge < -0.3 is 20.3 Å². The number of aliphatic imine (C=N–C) groups is 1. The van der Waals surface area contributed by atoms with Gasteiger partial charge in [-0.25, -0.2) is 4.99 Å². The second kappa shape index (κ2) is 4.74. The van der Waals surface area contributed by atoms with Crippen LogP contribution in [0.5, 0.6) is 11.5 Å². The molecule has 0 spiro atoms. The molecule has 1 aromatic carbocycles. The van der Waals surface area contributed by atoms with E-state index in [9.17, 15) is 5.11 Å². The third-order valence-corrected chi connectivity index (χ3v) is 2.27. The fourth-order valence-corrected chi connectivity index (χ4v) is 1.47. The molecule has 0 fully saturated rings. The molecule has 0 unspecified atom stereocenters. The molecule has 1 atom stereocenters. The normalized spacial score (nSPS) is 19.0. The largest absolute Gasteiger partial charge is 0.508 e. The van der Waals surface area contributed by atoms with Crippen molar-refractivity contribution in [3.05, 3.63) is 24.3 Å². The molecule has 86 valence electrons. The topological polar surface area (TPSA) is 77.1 Å². The SMILES string of the molecule is NC1=N[C@@H](CCOc2cccc(O)c2)CO1. The minimum Gasteiger partial charge on any atom is -0.508 e. The molecule has 5 heteroatoms. The molecular weight excluding hydrogens is 208 g/mol. The van der Waals surface area contributed by atoms with Crippen molar-refractivity contribution in [1.29, 1.82) is 0 Å². The van der Waals surface area contributed by atoms with E-state index in [1.54, 1.807) is 24.3 Å². The van der Waals surface area contributed by atoms with Crippen LogP contribution in [-0.4, -0.2) is 30.4 Å². The summed E-state index contributed by atoms with van der Waals surface area (Å²) in [5, 5.41) is 9.22. The number of phenolic OH excluding ortho intramolecular Hbond substituents is 1. The molecule has 0 aliphatic carbocycles. The molecule has 0 saturated carbocycles. The van der Waals surface area contributed by atoms with Gasteiger partial charge in [0.15, 0.2) is 0 Å². The standard InChI is InChI=1S/C11H14N2O3/c12-11-13-8(7-16-11)4-5-15-10-3-1-2-9(14)6-10/h1-3,6,8,14H,4-5,7H2,(H2,12,13)/t8-/m0/s1. The van der Waals surface area contributed by atoms with Crippen LogP contribution in [0.1, 0.15) is 6.42 Å². The van der Waals surface area contributed by atoms with Gasteiger partial charge in [-0.1, -0.05) is 6.07 Å². The van der Waals surface area contributed by atoms with Crippen LogP contribution < -0.4 is 10.5 Å². The zero-order valence-electron chi connectivity index (χ0n) is 8.80. The lowest BCUT2D eigenvalue weighted by Crippen LogP contribution is -2.12. The first kappa shape index (κ1) is 10.6. The van der Waals surface area contributed by atoms with E-state index in [-0.39, 0.29) is 17.8 Å². The summed E-state index contributed by atoms with van der Waals surface area (Å²) in [6.45, 7) is 1.05. The molecule has 0 saturated heterocycles. The number of nitrogens with zero attached hydrogens (tertiary/aromatic N) is 1. The summed E-state index contributed by atoms with van der Waals surface area (Å²) in [5.41, 5.74) is 5.38. The van der Waals surface area contributed by atoms with E-state index >= 15 is 0 Å². The molecule has 0 bridgehead atoms. The van der Waals surface area contributed by atoms with Gasteiger partial charge in [0.05, 0.1) is 12.6 Å². The van der Waals surface area contributed by atoms with Crippen molar-refractivity contribution < 1.29 is 14.6 Å². The van der Waals surface area contributed by atoms with Crippen LogP contribution in [0.4, 0.5) is 0 Å². The highest BCUT2D eigenvalue weighted by atomic mass is 16.5. The van der Waals surface area contributed by atoms with E-state index < -0.39 is 0 Å². The van der Waals surface area contributed by atoms with Gasteiger partial charge in [-0.05, 0) is 12.1 Å². The Hall–Kier alpha value is -1.91. The minimum absolute atomic E-state index is 0.0808. The van der Waals surface area contributed by atoms with Crippen LogP contribution in [0.3, 0.4) is 0 Å². The van der Waals surface area contributed by atoms with Crippen LogP contribution >= 0.6 is 0 Å². The number of benzene rings is 1. The third kappa shape index (κ3) is 2.79. The predicted octanol–water partition coefficient (Wildman–Crippen LogP) is 0.875. The molecule has 0 aromatic heterocycles. The van der Waals surface area contributed by atoms with Gasteiger partial charge in [0.2, 0.25) is 0 Å². The Morgan fingerprint density at radius 1 is 1.56 bits per heavy atom. The number of phenols is 1. The molecule has 0 amide bonds. The molecule has 0 radical (unpaired) electrons. The first-order valence-corrected chi connectivity index (χ1v) is 5.12. The Morgan fingerprint density at radius 2 is 2.44 bits per heavy atom. The molecule has 1 aliphatic heterocycles. The lowest BCUT2D eigenvalue weighted by molar-refractivity contribution is 0.263. The van der Waals surface area contributed by atoms with Crippen molar-refractivity contribution in [2.24, 2.45) is 10.7 Å². The lowest BCUT2D eigenvalue weighted by Gasteiger charge is -2.07. The Morgan fingerprint density at radius 3 is 3.12 bits per heavy atom. The van der Waals surface area contributed by atoms with E-state index in [1.807, 2.05) is 0 Å². The van der Waals surface area contributed by atoms with Crippen LogP contribution in [0.25, 0.3) is 0 Å². The number of hydrogen-bond acceptors (Lipinski definition) is 5. The number of amidine groups is 1. The maximum atomic E-state index is 9.22.